The molecule has 136 valence electrons. The molecule has 0 saturated carbocycles. The van der Waals surface area contributed by atoms with Crippen molar-refractivity contribution in [1.29, 1.82) is 0 Å². The van der Waals surface area contributed by atoms with E-state index >= 15 is 0 Å². The molecule has 3 rings (SSSR count). The fraction of sp³-hybridized carbons (Fsp3) is 0.500. The molecule has 1 aliphatic heterocycles. The molecule has 0 bridgehead atoms. The Morgan fingerprint density at radius 3 is 2.32 bits per heavy atom. The van der Waals surface area contributed by atoms with E-state index in [1.807, 2.05) is 19.1 Å². The summed E-state index contributed by atoms with van der Waals surface area (Å²) in [4.78, 5) is 2.51. The van der Waals surface area contributed by atoms with E-state index in [4.69, 9.17) is 4.52 Å². The summed E-state index contributed by atoms with van der Waals surface area (Å²) in [5.41, 5.74) is 2.50. The second kappa shape index (κ2) is 7.17. The minimum Gasteiger partial charge on any atom is -0.372 e. The average Bonchev–Trinajstić information content (AvgIpc) is 2.95. The third-order valence-corrected chi connectivity index (χ3v) is 6.47. The summed E-state index contributed by atoms with van der Waals surface area (Å²) in [6.45, 7) is 7.25. The summed E-state index contributed by atoms with van der Waals surface area (Å²) in [5.74, 6) is 0.303. The molecule has 1 aromatic heterocycles. The Hall–Kier alpha value is -1.86. The largest absolute Gasteiger partial charge is 0.372 e. The molecular weight excluding hydrogens is 338 g/mol. The van der Waals surface area contributed by atoms with Crippen molar-refractivity contribution in [2.45, 2.75) is 51.0 Å². The molecule has 1 saturated heterocycles. The smallest absolute Gasteiger partial charge is 0.246 e. The van der Waals surface area contributed by atoms with Crippen molar-refractivity contribution in [3.63, 3.8) is 0 Å². The number of rotatable bonds is 5. The Bertz CT molecular complexity index is 802. The van der Waals surface area contributed by atoms with Gasteiger partial charge in [-0.3, -0.25) is 0 Å². The Kier molecular flexibility index (Phi) is 5.15. The standard InChI is InChI=1S/C18H25N3O3S/c1-13(20-25(22,23)18-14(2)19-24-15(18)3)16-7-9-17(10-8-16)21-11-5-4-6-12-21/h7-10,13,20H,4-6,11-12H2,1-3H3. The van der Waals surface area contributed by atoms with Crippen LogP contribution in [0.1, 0.15) is 49.2 Å². The van der Waals surface area contributed by atoms with Gasteiger partial charge in [-0.05, 0) is 57.7 Å². The number of anilines is 1. The van der Waals surface area contributed by atoms with E-state index in [0.717, 1.165) is 18.7 Å². The topological polar surface area (TPSA) is 75.4 Å². The fourth-order valence-corrected chi connectivity index (χ4v) is 4.91. The molecule has 2 heterocycles. The Labute approximate surface area is 149 Å². The summed E-state index contributed by atoms with van der Waals surface area (Å²) < 4.78 is 32.9. The van der Waals surface area contributed by atoms with Crippen LogP contribution in [0, 0.1) is 13.8 Å². The number of aromatic nitrogens is 1. The van der Waals surface area contributed by atoms with Gasteiger partial charge < -0.3 is 9.42 Å². The SMILES string of the molecule is Cc1noc(C)c1S(=O)(=O)NC(C)c1ccc(N2CCCCC2)cc1. The number of nitrogens with one attached hydrogen (secondary N) is 1. The predicted molar refractivity (Wildman–Crippen MR) is 97.2 cm³/mol. The lowest BCUT2D eigenvalue weighted by molar-refractivity contribution is 0.390. The molecule has 7 heteroatoms. The van der Waals surface area contributed by atoms with E-state index in [1.54, 1.807) is 13.8 Å². The Morgan fingerprint density at radius 1 is 1.12 bits per heavy atom. The van der Waals surface area contributed by atoms with Crippen molar-refractivity contribution in [3.8, 4) is 0 Å². The van der Waals surface area contributed by atoms with E-state index in [1.165, 1.54) is 24.9 Å². The van der Waals surface area contributed by atoms with E-state index < -0.39 is 10.0 Å². The first-order valence-corrected chi connectivity index (χ1v) is 10.2. The molecule has 25 heavy (non-hydrogen) atoms. The van der Waals surface area contributed by atoms with E-state index in [9.17, 15) is 8.42 Å². The number of benzene rings is 1. The van der Waals surface area contributed by atoms with Gasteiger partial charge in [0.2, 0.25) is 10.0 Å². The zero-order valence-corrected chi connectivity index (χ0v) is 15.8. The molecular formula is C18H25N3O3S. The maximum absolute atomic E-state index is 12.6. The van der Waals surface area contributed by atoms with E-state index in [-0.39, 0.29) is 10.9 Å². The van der Waals surface area contributed by atoms with Gasteiger partial charge in [0.05, 0.1) is 0 Å². The van der Waals surface area contributed by atoms with E-state index in [0.29, 0.717) is 11.5 Å². The molecule has 0 spiro atoms. The highest BCUT2D eigenvalue weighted by atomic mass is 32.2. The van der Waals surface area contributed by atoms with E-state index in [2.05, 4.69) is 26.9 Å². The van der Waals surface area contributed by atoms with Gasteiger partial charge in [0.1, 0.15) is 10.6 Å². The minimum absolute atomic E-state index is 0.129. The zero-order valence-electron chi connectivity index (χ0n) is 14.9. The lowest BCUT2D eigenvalue weighted by Gasteiger charge is -2.29. The van der Waals surface area contributed by atoms with Gasteiger partial charge in [-0.15, -0.1) is 0 Å². The molecule has 0 amide bonds. The number of hydrogen-bond donors (Lipinski definition) is 1. The van der Waals surface area contributed by atoms with Crippen molar-refractivity contribution in [3.05, 3.63) is 41.3 Å². The van der Waals surface area contributed by atoms with Crippen LogP contribution in [0.15, 0.2) is 33.7 Å². The van der Waals surface area contributed by atoms with Crippen molar-refractivity contribution >= 4 is 15.7 Å². The van der Waals surface area contributed by atoms with Crippen molar-refractivity contribution in [2.75, 3.05) is 18.0 Å². The third kappa shape index (κ3) is 3.88. The number of sulfonamides is 1. The summed E-state index contributed by atoms with van der Waals surface area (Å²) in [6.07, 6.45) is 3.76. The fourth-order valence-electron chi connectivity index (χ4n) is 3.34. The summed E-state index contributed by atoms with van der Waals surface area (Å²) in [5, 5.41) is 3.73. The van der Waals surface area contributed by atoms with Crippen LogP contribution < -0.4 is 9.62 Å². The van der Waals surface area contributed by atoms with Crippen LogP contribution in [0.2, 0.25) is 0 Å². The van der Waals surface area contributed by atoms with Crippen LogP contribution >= 0.6 is 0 Å². The van der Waals surface area contributed by atoms with Gasteiger partial charge in [0.15, 0.2) is 5.76 Å². The van der Waals surface area contributed by atoms with Crippen LogP contribution in [0.3, 0.4) is 0 Å². The third-order valence-electron chi connectivity index (χ3n) is 4.68. The van der Waals surface area contributed by atoms with Crippen LogP contribution in [0.5, 0.6) is 0 Å². The lowest BCUT2D eigenvalue weighted by Crippen LogP contribution is -2.29. The summed E-state index contributed by atoms with van der Waals surface area (Å²) in [6, 6.07) is 7.78. The van der Waals surface area contributed by atoms with Crippen LogP contribution in [-0.4, -0.2) is 26.7 Å². The van der Waals surface area contributed by atoms with Crippen molar-refractivity contribution in [2.24, 2.45) is 0 Å². The zero-order chi connectivity index (χ0) is 18.0. The number of aryl methyl sites for hydroxylation is 2. The molecule has 0 aliphatic carbocycles. The Balaban J connectivity index is 1.73. The quantitative estimate of drug-likeness (QED) is 0.882. The second-order valence-corrected chi connectivity index (χ2v) is 8.29. The number of piperidine rings is 1. The predicted octanol–water partition coefficient (Wildman–Crippen LogP) is 3.32. The van der Waals surface area contributed by atoms with Gasteiger partial charge in [0, 0.05) is 24.8 Å². The highest BCUT2D eigenvalue weighted by Crippen LogP contribution is 2.25. The van der Waals surface area contributed by atoms with Gasteiger partial charge in [-0.2, -0.15) is 0 Å². The normalized spacial score (nSPS) is 16.8. The molecule has 1 N–H and O–H groups in total. The number of nitrogens with zero attached hydrogens (tertiary/aromatic N) is 2. The van der Waals surface area contributed by atoms with Gasteiger partial charge in [-0.1, -0.05) is 17.3 Å². The lowest BCUT2D eigenvalue weighted by atomic mass is 10.1. The van der Waals surface area contributed by atoms with Crippen LogP contribution in [0.4, 0.5) is 5.69 Å². The summed E-state index contributed by atoms with van der Waals surface area (Å²) in [7, 11) is -3.67. The molecule has 1 aromatic carbocycles. The monoisotopic (exact) mass is 363 g/mol. The van der Waals surface area contributed by atoms with Crippen LogP contribution in [0.25, 0.3) is 0 Å². The summed E-state index contributed by atoms with van der Waals surface area (Å²) >= 11 is 0. The molecule has 1 fully saturated rings. The molecule has 0 radical (unpaired) electrons. The first-order valence-electron chi connectivity index (χ1n) is 8.68. The maximum atomic E-state index is 12.6. The minimum atomic E-state index is -3.67. The first kappa shape index (κ1) is 17.9. The highest BCUT2D eigenvalue weighted by molar-refractivity contribution is 7.89. The maximum Gasteiger partial charge on any atom is 0.246 e. The van der Waals surface area contributed by atoms with Crippen molar-refractivity contribution in [1.82, 2.24) is 9.88 Å². The molecule has 6 nitrogen and oxygen atoms in total. The van der Waals surface area contributed by atoms with Crippen LogP contribution in [-0.2, 0) is 10.0 Å². The molecule has 2 aromatic rings. The Morgan fingerprint density at radius 2 is 1.76 bits per heavy atom. The highest BCUT2D eigenvalue weighted by Gasteiger charge is 2.26. The van der Waals surface area contributed by atoms with Gasteiger partial charge in [0.25, 0.3) is 0 Å². The van der Waals surface area contributed by atoms with Gasteiger partial charge >= 0.3 is 0 Å². The second-order valence-electron chi connectivity index (χ2n) is 6.64. The first-order chi connectivity index (χ1) is 11.9. The van der Waals surface area contributed by atoms with Gasteiger partial charge in [-0.25, -0.2) is 13.1 Å². The average molecular weight is 363 g/mol. The molecule has 1 unspecified atom stereocenters. The number of hydrogen-bond acceptors (Lipinski definition) is 5. The molecule has 1 atom stereocenters. The molecule has 1 aliphatic rings. The van der Waals surface area contributed by atoms with Crippen molar-refractivity contribution < 1.29 is 12.9 Å².